The van der Waals surface area contributed by atoms with Crippen LogP contribution in [0.1, 0.15) is 63.7 Å². The summed E-state index contributed by atoms with van der Waals surface area (Å²) < 4.78 is 33.3. The zero-order valence-electron chi connectivity index (χ0n) is 26.8. The van der Waals surface area contributed by atoms with E-state index in [1.165, 1.54) is 12.1 Å². The molecule has 0 saturated carbocycles. The van der Waals surface area contributed by atoms with Crippen LogP contribution in [0.25, 0.3) is 11.3 Å². The molecule has 4 amide bonds. The number of aromatic nitrogens is 2. The number of hydrogen-bond acceptors (Lipinski definition) is 9. The quantitative estimate of drug-likeness (QED) is 0.460. The van der Waals surface area contributed by atoms with Crippen molar-refractivity contribution in [3.63, 3.8) is 0 Å². The summed E-state index contributed by atoms with van der Waals surface area (Å²) in [5, 5.41) is 5.09. The molecule has 46 heavy (non-hydrogen) atoms. The lowest BCUT2D eigenvalue weighted by molar-refractivity contribution is 0.0296. The van der Waals surface area contributed by atoms with Crippen LogP contribution in [0.15, 0.2) is 18.2 Å². The number of amides is 4. The van der Waals surface area contributed by atoms with Crippen molar-refractivity contribution in [3.05, 3.63) is 29.6 Å². The van der Waals surface area contributed by atoms with Crippen molar-refractivity contribution in [3.8, 4) is 17.1 Å². The first-order chi connectivity index (χ1) is 22.0. The molecule has 13 nitrogen and oxygen atoms in total. The highest BCUT2D eigenvalue weighted by Gasteiger charge is 2.42. The van der Waals surface area contributed by atoms with Gasteiger partial charge in [0.05, 0.1) is 42.8 Å². The Morgan fingerprint density at radius 1 is 1.13 bits per heavy atom. The fraction of sp³-hybridized carbons (Fsp3) is 0.594. The van der Waals surface area contributed by atoms with Crippen molar-refractivity contribution in [1.82, 2.24) is 25.1 Å². The molecule has 0 radical (unpaired) electrons. The Bertz CT molecular complexity index is 1490. The molecule has 0 spiro atoms. The number of benzene rings is 1. The largest absolute Gasteiger partial charge is 0.469 e. The van der Waals surface area contributed by atoms with E-state index in [1.54, 1.807) is 29.7 Å². The molecule has 2 unspecified atom stereocenters. The molecule has 2 bridgehead atoms. The molecule has 3 fully saturated rings. The highest BCUT2D eigenvalue weighted by Crippen LogP contribution is 2.38. The van der Waals surface area contributed by atoms with E-state index < -0.39 is 23.5 Å². The minimum atomic E-state index is -0.840. The lowest BCUT2D eigenvalue weighted by Gasteiger charge is -2.33. The van der Waals surface area contributed by atoms with Crippen LogP contribution in [0.4, 0.5) is 25.6 Å². The molecule has 3 saturated heterocycles. The number of carbonyl (C=O) groups excluding carboxylic acids is 3. The number of likely N-dealkylation sites (tertiary alicyclic amines) is 1. The van der Waals surface area contributed by atoms with Crippen LogP contribution in [0.5, 0.6) is 5.88 Å². The van der Waals surface area contributed by atoms with Crippen molar-refractivity contribution < 1.29 is 33.0 Å². The molecular formula is C32H42FN7O6. The van der Waals surface area contributed by atoms with Gasteiger partial charge in [0.2, 0.25) is 11.8 Å². The molecule has 6 rings (SSSR count). The summed E-state index contributed by atoms with van der Waals surface area (Å²) >= 11 is 0. The smallest absolute Gasteiger partial charge is 0.410 e. The summed E-state index contributed by atoms with van der Waals surface area (Å²) in [5.41, 5.74) is -0.169. The molecule has 3 atom stereocenters. The molecule has 2 aromatic rings. The van der Waals surface area contributed by atoms with E-state index in [2.05, 4.69) is 10.6 Å². The van der Waals surface area contributed by atoms with Gasteiger partial charge in [-0.05, 0) is 65.5 Å². The lowest BCUT2D eigenvalue weighted by Crippen LogP contribution is -2.49. The second-order valence-corrected chi connectivity index (χ2v) is 12.8. The topological polar surface area (TPSA) is 138 Å². The Hall–Kier alpha value is -4.20. The fourth-order valence-electron chi connectivity index (χ4n) is 6.77. The number of morpholine rings is 1. The Kier molecular flexibility index (Phi) is 8.90. The second-order valence-electron chi connectivity index (χ2n) is 12.8. The highest BCUT2D eigenvalue weighted by atomic mass is 19.1. The van der Waals surface area contributed by atoms with Gasteiger partial charge in [0.25, 0.3) is 5.91 Å². The summed E-state index contributed by atoms with van der Waals surface area (Å²) in [4.78, 5) is 54.4. The maximum atomic E-state index is 15.5. The van der Waals surface area contributed by atoms with E-state index in [9.17, 15) is 14.4 Å². The number of carbonyl (C=O) groups is 3. The van der Waals surface area contributed by atoms with E-state index in [4.69, 9.17) is 24.2 Å². The van der Waals surface area contributed by atoms with Gasteiger partial charge in [0, 0.05) is 38.3 Å². The molecule has 2 N–H and O–H groups in total. The Morgan fingerprint density at radius 2 is 1.89 bits per heavy atom. The van der Waals surface area contributed by atoms with Crippen LogP contribution in [-0.2, 0) is 9.47 Å². The van der Waals surface area contributed by atoms with Gasteiger partial charge in [-0.3, -0.25) is 4.79 Å². The zero-order chi connectivity index (χ0) is 32.6. The van der Waals surface area contributed by atoms with E-state index in [1.807, 2.05) is 18.7 Å². The fourth-order valence-corrected chi connectivity index (χ4v) is 6.77. The first-order valence-electron chi connectivity index (χ1n) is 16.1. The SMILES string of the molecule is CCNC(=O)Nc1ccc(-c2nc(N3CC4CCC(C3)O4)nc3c2C(=O)N(C[C@@H]2CCCN2C(=O)OCC)CC(C)(C)O3)cc1F. The minimum Gasteiger partial charge on any atom is -0.469 e. The van der Waals surface area contributed by atoms with Crippen LogP contribution in [-0.4, -0.2) is 108 Å². The number of rotatable bonds is 7. The number of hydrogen-bond donors (Lipinski definition) is 2. The average Bonchev–Trinajstić information content (AvgIpc) is 3.59. The van der Waals surface area contributed by atoms with E-state index in [0.29, 0.717) is 37.7 Å². The van der Waals surface area contributed by atoms with Gasteiger partial charge in [0.1, 0.15) is 17.0 Å². The van der Waals surface area contributed by atoms with Gasteiger partial charge in [-0.25, -0.2) is 19.0 Å². The third kappa shape index (κ3) is 6.53. The molecular weight excluding hydrogens is 597 g/mol. The van der Waals surface area contributed by atoms with Gasteiger partial charge >= 0.3 is 12.1 Å². The minimum absolute atomic E-state index is 0.00884. The van der Waals surface area contributed by atoms with Gasteiger partial charge in [-0.2, -0.15) is 4.98 Å². The lowest BCUT2D eigenvalue weighted by atomic mass is 10.0. The molecule has 14 heteroatoms. The third-order valence-corrected chi connectivity index (χ3v) is 8.77. The van der Waals surface area contributed by atoms with Crippen LogP contribution < -0.4 is 20.3 Å². The van der Waals surface area contributed by atoms with Crippen molar-refractivity contribution in [2.45, 2.75) is 77.2 Å². The standard InChI is InChI=1S/C32H42FN7O6/c1-5-34-30(42)35-24-12-9-19(14-23(24)33)26-25-27(37-29(36-26)38-16-21-10-11-22(17-38)45-21)46-32(3,4)18-39(28(25)41)15-20-8-7-13-40(20)31(43)44-6-2/h9,12,14,20-22H,5-8,10-11,13,15-18H2,1-4H3,(H2,34,35,42)/t20-,21?,22?/m0/s1. The van der Waals surface area contributed by atoms with Gasteiger partial charge in [-0.1, -0.05) is 6.07 Å². The van der Waals surface area contributed by atoms with Gasteiger partial charge in [-0.15, -0.1) is 0 Å². The Balaban J connectivity index is 1.41. The van der Waals surface area contributed by atoms with Crippen LogP contribution in [0.2, 0.25) is 0 Å². The summed E-state index contributed by atoms with van der Waals surface area (Å²) in [6.45, 7) is 10.2. The average molecular weight is 640 g/mol. The molecule has 1 aromatic carbocycles. The third-order valence-electron chi connectivity index (χ3n) is 8.77. The summed E-state index contributed by atoms with van der Waals surface area (Å²) in [7, 11) is 0. The predicted octanol–water partition coefficient (Wildman–Crippen LogP) is 4.03. The first kappa shape index (κ1) is 31.8. The van der Waals surface area contributed by atoms with Crippen molar-refractivity contribution >= 4 is 29.7 Å². The Labute approximate surface area is 267 Å². The van der Waals surface area contributed by atoms with E-state index >= 15 is 4.39 Å². The number of nitrogens with zero attached hydrogens (tertiary/aromatic N) is 5. The maximum absolute atomic E-state index is 15.5. The summed E-state index contributed by atoms with van der Waals surface area (Å²) in [5.74, 6) is -0.558. The second kappa shape index (κ2) is 12.9. The Morgan fingerprint density at radius 3 is 2.59 bits per heavy atom. The first-order valence-corrected chi connectivity index (χ1v) is 16.1. The number of urea groups is 1. The normalized spacial score (nSPS) is 23.5. The molecule has 0 aliphatic carbocycles. The number of anilines is 2. The molecule has 4 aliphatic heterocycles. The number of ether oxygens (including phenoxy) is 3. The van der Waals surface area contributed by atoms with E-state index in [0.717, 1.165) is 25.7 Å². The predicted molar refractivity (Wildman–Crippen MR) is 168 cm³/mol. The van der Waals surface area contributed by atoms with Crippen LogP contribution >= 0.6 is 0 Å². The maximum Gasteiger partial charge on any atom is 0.410 e. The number of halogens is 1. The van der Waals surface area contributed by atoms with Crippen molar-refractivity contribution in [1.29, 1.82) is 0 Å². The van der Waals surface area contributed by atoms with Crippen LogP contribution in [0.3, 0.4) is 0 Å². The van der Waals surface area contributed by atoms with E-state index in [-0.39, 0.29) is 66.7 Å². The molecule has 5 heterocycles. The monoisotopic (exact) mass is 639 g/mol. The number of fused-ring (bicyclic) bond motifs is 3. The summed E-state index contributed by atoms with van der Waals surface area (Å²) in [6, 6.07) is 3.56. The van der Waals surface area contributed by atoms with Crippen molar-refractivity contribution in [2.75, 3.05) is 56.1 Å². The van der Waals surface area contributed by atoms with Crippen LogP contribution in [0, 0.1) is 5.82 Å². The molecule has 4 aliphatic rings. The van der Waals surface area contributed by atoms with Gasteiger partial charge in [0.15, 0.2) is 0 Å². The number of nitrogens with one attached hydrogen (secondary N) is 2. The van der Waals surface area contributed by atoms with Gasteiger partial charge < -0.3 is 39.5 Å². The van der Waals surface area contributed by atoms with Crippen molar-refractivity contribution in [2.24, 2.45) is 0 Å². The zero-order valence-corrected chi connectivity index (χ0v) is 26.8. The molecule has 248 valence electrons. The molecule has 1 aromatic heterocycles. The summed E-state index contributed by atoms with van der Waals surface area (Å²) in [6.07, 6.45) is 3.15. The highest BCUT2D eigenvalue weighted by molar-refractivity contribution is 6.03.